The molecule has 2 aliphatic rings. The number of fused-ring (bicyclic) bond motifs is 2. The van der Waals surface area contributed by atoms with Crippen LogP contribution in [0.1, 0.15) is 0 Å². The van der Waals surface area contributed by atoms with Crippen molar-refractivity contribution in [2.45, 2.75) is 24.4 Å². The number of nitrogens with one attached hydrogen (secondary N) is 2. The van der Waals surface area contributed by atoms with Gasteiger partial charge < -0.3 is 29.0 Å². The minimum absolute atomic E-state index is 0.230. The number of H-pyrrole nitrogens is 1. The number of aliphatic hydroxyl groups excluding tert-OH is 1. The number of aliphatic hydroxyl groups is 1. The first-order valence-electron chi connectivity index (χ1n) is 11.2. The van der Waals surface area contributed by atoms with Crippen LogP contribution in [0, 0.1) is 5.82 Å². The second kappa shape index (κ2) is 9.12. The van der Waals surface area contributed by atoms with E-state index >= 15 is 0 Å². The molecule has 6 rings (SSSR count). The van der Waals surface area contributed by atoms with Crippen LogP contribution in [0.25, 0.3) is 33.5 Å². The number of benzene rings is 1. The van der Waals surface area contributed by atoms with Crippen molar-refractivity contribution in [1.29, 1.82) is 0 Å². The van der Waals surface area contributed by atoms with E-state index in [-0.39, 0.29) is 30.6 Å². The summed E-state index contributed by atoms with van der Waals surface area (Å²) in [7, 11) is 0. The van der Waals surface area contributed by atoms with Gasteiger partial charge in [0.15, 0.2) is 17.8 Å². The zero-order chi connectivity index (χ0) is 23.9. The van der Waals surface area contributed by atoms with Crippen LogP contribution in [0.5, 0.6) is 5.88 Å². The van der Waals surface area contributed by atoms with Crippen LogP contribution in [-0.4, -0.2) is 63.9 Å². The topological polar surface area (TPSA) is 102 Å². The van der Waals surface area contributed by atoms with Crippen LogP contribution in [0.2, 0.25) is 0 Å². The van der Waals surface area contributed by atoms with E-state index in [9.17, 15) is 9.50 Å². The Morgan fingerprint density at radius 1 is 1.09 bits per heavy atom. The molecule has 8 nitrogen and oxygen atoms in total. The summed E-state index contributed by atoms with van der Waals surface area (Å²) in [6, 6.07) is 14.5. The van der Waals surface area contributed by atoms with Crippen LogP contribution in [0.15, 0.2) is 54.7 Å². The lowest BCUT2D eigenvalue weighted by molar-refractivity contribution is 0.00794. The van der Waals surface area contributed by atoms with E-state index in [2.05, 4.69) is 19.7 Å². The Morgan fingerprint density at radius 3 is 2.66 bits per heavy atom. The zero-order valence-corrected chi connectivity index (χ0v) is 19.6. The van der Waals surface area contributed by atoms with Crippen molar-refractivity contribution in [1.82, 2.24) is 15.0 Å². The van der Waals surface area contributed by atoms with E-state index in [1.807, 2.05) is 42.7 Å². The highest BCUT2D eigenvalue weighted by atomic mass is 32.2. The summed E-state index contributed by atoms with van der Waals surface area (Å²) in [5.41, 5.74) is 4.73. The van der Waals surface area contributed by atoms with Crippen molar-refractivity contribution in [3.05, 3.63) is 60.5 Å². The fourth-order valence-corrected chi connectivity index (χ4v) is 4.88. The summed E-state index contributed by atoms with van der Waals surface area (Å²) in [4.78, 5) is 12.1. The Kier molecular flexibility index (Phi) is 5.81. The number of aromatic nitrogens is 3. The summed E-state index contributed by atoms with van der Waals surface area (Å²) in [5, 5.41) is 9.91. The molecule has 3 N–H and O–H groups in total. The van der Waals surface area contributed by atoms with Gasteiger partial charge in [0.1, 0.15) is 24.0 Å². The molecular formula is C25H23FN4O4S. The van der Waals surface area contributed by atoms with E-state index < -0.39 is 11.9 Å². The highest BCUT2D eigenvalue weighted by Crippen LogP contribution is 2.32. The Hall–Kier alpha value is -3.18. The van der Waals surface area contributed by atoms with Crippen LogP contribution >= 0.6 is 11.9 Å². The number of nitrogens with zero attached hydrogens (tertiary/aromatic N) is 2. The minimum atomic E-state index is -0.645. The second-order valence-electron chi connectivity index (χ2n) is 8.52. The molecule has 2 unspecified atom stereocenters. The molecule has 2 fully saturated rings. The average Bonchev–Trinajstić information content (AvgIpc) is 3.56. The normalized spacial score (nSPS) is 23.5. The first-order valence-corrected chi connectivity index (χ1v) is 12.4. The van der Waals surface area contributed by atoms with Gasteiger partial charge in [-0.1, -0.05) is 36.2 Å². The van der Waals surface area contributed by atoms with E-state index in [1.54, 1.807) is 12.3 Å². The predicted octanol–water partition coefficient (Wildman–Crippen LogP) is 4.03. The summed E-state index contributed by atoms with van der Waals surface area (Å²) in [5.74, 6) is 0.0138. The molecule has 4 aromatic rings. The molecule has 0 saturated carbocycles. The number of ether oxygens (including phenoxy) is 3. The molecule has 0 spiro atoms. The molecule has 180 valence electrons. The average molecular weight is 495 g/mol. The van der Waals surface area contributed by atoms with E-state index in [0.29, 0.717) is 29.1 Å². The highest BCUT2D eigenvalue weighted by Gasteiger charge is 2.48. The molecule has 35 heavy (non-hydrogen) atoms. The van der Waals surface area contributed by atoms with Gasteiger partial charge in [-0.15, -0.1) is 0 Å². The number of hydrogen-bond acceptors (Lipinski definition) is 8. The molecule has 0 amide bonds. The van der Waals surface area contributed by atoms with Crippen LogP contribution in [-0.2, 0) is 9.47 Å². The molecule has 0 bridgehead atoms. The van der Waals surface area contributed by atoms with Crippen molar-refractivity contribution in [2.75, 3.05) is 24.2 Å². The summed E-state index contributed by atoms with van der Waals surface area (Å²) in [6.07, 6.45) is 2.01. The Balaban J connectivity index is 1.22. The van der Waals surface area contributed by atoms with Gasteiger partial charge in [-0.25, -0.2) is 9.37 Å². The number of hydrogen-bond donors (Lipinski definition) is 3. The van der Waals surface area contributed by atoms with E-state index in [1.165, 1.54) is 18.0 Å². The Bertz CT molecular complexity index is 1350. The molecule has 4 atom stereocenters. The SMILES string of the molecule is CSNc1ccc(-c2ccc(-c3nc4cc(OC5CO[C@@H]6C(O)CO[C@H]56)[nH]c4cc3F)cc2)nc1. The highest BCUT2D eigenvalue weighted by molar-refractivity contribution is 7.99. The van der Waals surface area contributed by atoms with E-state index in [0.717, 1.165) is 16.9 Å². The van der Waals surface area contributed by atoms with Gasteiger partial charge in [0.05, 0.1) is 41.8 Å². The van der Waals surface area contributed by atoms with Crippen LogP contribution < -0.4 is 9.46 Å². The Labute approximate surface area is 205 Å². The summed E-state index contributed by atoms with van der Waals surface area (Å²) in [6.45, 7) is 0.542. The number of pyridine rings is 2. The minimum Gasteiger partial charge on any atom is -0.470 e. The number of aromatic amines is 1. The Morgan fingerprint density at radius 2 is 1.89 bits per heavy atom. The quantitative estimate of drug-likeness (QED) is 0.346. The summed E-state index contributed by atoms with van der Waals surface area (Å²) < 4.78 is 35.3. The number of anilines is 1. The smallest absolute Gasteiger partial charge is 0.193 e. The molecule has 0 aliphatic carbocycles. The molecular weight excluding hydrogens is 471 g/mol. The first kappa shape index (κ1) is 22.3. The maximum atomic E-state index is 15.0. The second-order valence-corrected chi connectivity index (χ2v) is 9.13. The zero-order valence-electron chi connectivity index (χ0n) is 18.8. The van der Waals surface area contributed by atoms with Gasteiger partial charge in [0, 0.05) is 29.5 Å². The van der Waals surface area contributed by atoms with Crippen molar-refractivity contribution in [3.63, 3.8) is 0 Å². The van der Waals surface area contributed by atoms with Crippen molar-refractivity contribution >= 4 is 28.7 Å². The van der Waals surface area contributed by atoms with Crippen molar-refractivity contribution in [3.8, 4) is 28.4 Å². The molecule has 2 aliphatic heterocycles. The van der Waals surface area contributed by atoms with Crippen LogP contribution in [0.3, 0.4) is 0 Å². The van der Waals surface area contributed by atoms with Gasteiger partial charge in [-0.2, -0.15) is 0 Å². The molecule has 0 radical (unpaired) electrons. The molecule has 10 heteroatoms. The standard InChI is InChI=1S/C25H23FN4O4S/c1-35-30-15-6-7-17(27-10-15)13-2-4-14(5-3-13)23-16(26)8-18-19(29-23)9-22(28-18)34-21-12-33-24-20(31)11-32-25(21)24/h2-10,20-21,24-25,28,30-31H,11-12H2,1H3/t20?,21?,24-,25-/m1/s1. The first-order chi connectivity index (χ1) is 17.1. The van der Waals surface area contributed by atoms with E-state index in [4.69, 9.17) is 14.2 Å². The van der Waals surface area contributed by atoms with Crippen molar-refractivity contribution < 1.29 is 23.7 Å². The monoisotopic (exact) mass is 494 g/mol. The lowest BCUT2D eigenvalue weighted by Gasteiger charge is -2.16. The summed E-state index contributed by atoms with van der Waals surface area (Å²) >= 11 is 1.51. The molecule has 2 saturated heterocycles. The third-order valence-corrected chi connectivity index (χ3v) is 6.67. The molecule has 1 aromatic carbocycles. The van der Waals surface area contributed by atoms with Crippen LogP contribution in [0.4, 0.5) is 10.1 Å². The molecule has 3 aromatic heterocycles. The maximum absolute atomic E-state index is 15.0. The van der Waals surface area contributed by atoms with Gasteiger partial charge in [-0.3, -0.25) is 4.98 Å². The number of halogens is 1. The number of rotatable bonds is 6. The lowest BCUT2D eigenvalue weighted by atomic mass is 10.1. The third-order valence-electron chi connectivity index (χ3n) is 6.23. The van der Waals surface area contributed by atoms with Gasteiger partial charge in [0.25, 0.3) is 0 Å². The third kappa shape index (κ3) is 4.23. The molecule has 5 heterocycles. The van der Waals surface area contributed by atoms with Gasteiger partial charge in [0.2, 0.25) is 0 Å². The fourth-order valence-electron chi connectivity index (χ4n) is 4.52. The largest absolute Gasteiger partial charge is 0.470 e. The van der Waals surface area contributed by atoms with Gasteiger partial charge >= 0.3 is 0 Å². The lowest BCUT2D eigenvalue weighted by Crippen LogP contribution is -2.34. The predicted molar refractivity (Wildman–Crippen MR) is 132 cm³/mol. The maximum Gasteiger partial charge on any atom is 0.193 e. The van der Waals surface area contributed by atoms with Gasteiger partial charge in [-0.05, 0) is 12.1 Å². The van der Waals surface area contributed by atoms with Crippen molar-refractivity contribution in [2.24, 2.45) is 0 Å². The fraction of sp³-hybridized carbons (Fsp3) is 0.280.